The number of carbonyl (C=O) groups excluding carboxylic acids is 1. The summed E-state index contributed by atoms with van der Waals surface area (Å²) < 4.78 is 4.99. The minimum absolute atomic E-state index is 0.0417. The van der Waals surface area contributed by atoms with Gasteiger partial charge >= 0.3 is 12.1 Å². The normalized spacial score (nSPS) is 23.9. The molecule has 21 heavy (non-hydrogen) atoms. The minimum Gasteiger partial charge on any atom is -0.465 e. The van der Waals surface area contributed by atoms with Crippen LogP contribution < -0.4 is 0 Å². The molecule has 5 heteroatoms. The fourth-order valence-electron chi connectivity index (χ4n) is 2.86. The number of rotatable bonds is 3. The summed E-state index contributed by atoms with van der Waals surface area (Å²) in [4.78, 5) is 24.6. The van der Waals surface area contributed by atoms with Gasteiger partial charge in [0.2, 0.25) is 0 Å². The zero-order chi connectivity index (χ0) is 16.2. The van der Waals surface area contributed by atoms with E-state index in [2.05, 4.69) is 20.8 Å². The van der Waals surface area contributed by atoms with Crippen molar-refractivity contribution in [3.63, 3.8) is 0 Å². The molecule has 1 rings (SSSR count). The lowest BCUT2D eigenvalue weighted by molar-refractivity contribution is -0.138. The second-order valence-electron chi connectivity index (χ2n) is 6.71. The first-order valence-corrected chi connectivity index (χ1v) is 7.52. The van der Waals surface area contributed by atoms with Crippen molar-refractivity contribution >= 4 is 12.1 Å². The van der Waals surface area contributed by atoms with E-state index >= 15 is 0 Å². The molecule has 120 valence electrons. The Bertz CT molecular complexity index is 422. The first-order chi connectivity index (χ1) is 9.66. The van der Waals surface area contributed by atoms with Gasteiger partial charge in [0.05, 0.1) is 6.61 Å². The molecule has 1 aliphatic heterocycles. The number of nitrogens with zero attached hydrogens (tertiary/aromatic N) is 1. The average Bonchev–Trinajstić information content (AvgIpc) is 2.37. The maximum absolute atomic E-state index is 11.7. The van der Waals surface area contributed by atoms with E-state index in [1.807, 2.05) is 6.08 Å². The predicted molar refractivity (Wildman–Crippen MR) is 81.1 cm³/mol. The summed E-state index contributed by atoms with van der Waals surface area (Å²) in [6.45, 7) is 10.6. The molecular formula is C16H27NO4. The zero-order valence-corrected chi connectivity index (χ0v) is 13.7. The van der Waals surface area contributed by atoms with Crippen LogP contribution in [0.2, 0.25) is 0 Å². The van der Waals surface area contributed by atoms with Gasteiger partial charge < -0.3 is 14.7 Å². The Morgan fingerprint density at radius 3 is 2.48 bits per heavy atom. The van der Waals surface area contributed by atoms with Gasteiger partial charge in [-0.15, -0.1) is 0 Å². The molecule has 0 radical (unpaired) electrons. The Morgan fingerprint density at radius 2 is 2.00 bits per heavy atom. The van der Waals surface area contributed by atoms with Crippen LogP contribution >= 0.6 is 0 Å². The largest absolute Gasteiger partial charge is 0.465 e. The van der Waals surface area contributed by atoms with Crippen molar-refractivity contribution in [3.05, 3.63) is 11.6 Å². The third-order valence-electron chi connectivity index (χ3n) is 3.97. The summed E-state index contributed by atoms with van der Waals surface area (Å²) in [6, 6.07) is -0.0417. The highest BCUT2D eigenvalue weighted by atomic mass is 16.5. The van der Waals surface area contributed by atoms with Crippen molar-refractivity contribution < 1.29 is 19.4 Å². The molecule has 2 unspecified atom stereocenters. The molecule has 5 nitrogen and oxygen atoms in total. The Balaban J connectivity index is 2.84. The highest BCUT2D eigenvalue weighted by Gasteiger charge is 2.38. The number of amides is 1. The Labute approximate surface area is 127 Å². The first kappa shape index (κ1) is 17.5. The van der Waals surface area contributed by atoms with Crippen LogP contribution in [0.25, 0.3) is 0 Å². The van der Waals surface area contributed by atoms with Crippen LogP contribution in [-0.4, -0.2) is 41.3 Å². The van der Waals surface area contributed by atoms with Crippen LogP contribution in [0.15, 0.2) is 11.6 Å². The molecule has 1 aliphatic rings. The van der Waals surface area contributed by atoms with Gasteiger partial charge in [-0.3, -0.25) is 0 Å². The van der Waals surface area contributed by atoms with E-state index in [9.17, 15) is 14.7 Å². The average molecular weight is 297 g/mol. The van der Waals surface area contributed by atoms with E-state index < -0.39 is 6.09 Å². The maximum Gasteiger partial charge on any atom is 0.407 e. The summed E-state index contributed by atoms with van der Waals surface area (Å²) in [6.07, 6.45) is 2.57. The van der Waals surface area contributed by atoms with Gasteiger partial charge in [-0.25, -0.2) is 9.59 Å². The number of piperidine rings is 1. The molecular weight excluding hydrogens is 270 g/mol. The van der Waals surface area contributed by atoms with Crippen LogP contribution in [0.1, 0.15) is 47.5 Å². The van der Waals surface area contributed by atoms with Gasteiger partial charge in [0, 0.05) is 18.2 Å². The fourth-order valence-corrected chi connectivity index (χ4v) is 2.86. The smallest absolute Gasteiger partial charge is 0.407 e. The molecule has 1 heterocycles. The standard InChI is InChI=1S/C16H27NO4/c1-6-21-14(18)11(2)9-12-7-8-17(15(19)20)13(10-12)16(3,4)5/h9,12-13H,6-8,10H2,1-5H3,(H,19,20)/b11-9+. The lowest BCUT2D eigenvalue weighted by Gasteiger charge is -2.44. The molecule has 0 aromatic carbocycles. The van der Waals surface area contributed by atoms with E-state index in [-0.39, 0.29) is 23.3 Å². The van der Waals surface area contributed by atoms with Crippen molar-refractivity contribution in [1.29, 1.82) is 0 Å². The summed E-state index contributed by atoms with van der Waals surface area (Å²) in [5.41, 5.74) is 0.487. The van der Waals surface area contributed by atoms with Gasteiger partial charge in [-0.2, -0.15) is 0 Å². The molecule has 1 amide bonds. The summed E-state index contributed by atoms with van der Waals surface area (Å²) in [5.74, 6) is -0.0697. The maximum atomic E-state index is 11.7. The van der Waals surface area contributed by atoms with Crippen molar-refractivity contribution in [2.45, 2.75) is 53.5 Å². The second kappa shape index (κ2) is 6.96. The molecule has 0 aliphatic carbocycles. The van der Waals surface area contributed by atoms with E-state index in [1.165, 1.54) is 4.90 Å². The van der Waals surface area contributed by atoms with Crippen molar-refractivity contribution in [2.24, 2.45) is 11.3 Å². The SMILES string of the molecule is CCOC(=O)/C(C)=C/C1CCN(C(=O)O)C(C(C)(C)C)C1. The van der Waals surface area contributed by atoms with Gasteiger partial charge in [-0.05, 0) is 38.0 Å². The number of hydrogen-bond donors (Lipinski definition) is 1. The van der Waals surface area contributed by atoms with Crippen LogP contribution in [0.5, 0.6) is 0 Å². The number of likely N-dealkylation sites (tertiary alicyclic amines) is 1. The topological polar surface area (TPSA) is 66.8 Å². The molecule has 0 saturated carbocycles. The highest BCUT2D eigenvalue weighted by molar-refractivity contribution is 5.87. The molecule has 1 saturated heterocycles. The lowest BCUT2D eigenvalue weighted by Crippen LogP contribution is -2.51. The summed E-state index contributed by atoms with van der Waals surface area (Å²) in [7, 11) is 0. The minimum atomic E-state index is -0.862. The van der Waals surface area contributed by atoms with Gasteiger partial charge in [-0.1, -0.05) is 26.8 Å². The quantitative estimate of drug-likeness (QED) is 0.641. The van der Waals surface area contributed by atoms with Crippen LogP contribution in [0.3, 0.4) is 0 Å². The van der Waals surface area contributed by atoms with Gasteiger partial charge in [0.1, 0.15) is 0 Å². The van der Waals surface area contributed by atoms with Crippen LogP contribution in [0.4, 0.5) is 4.79 Å². The monoisotopic (exact) mass is 297 g/mol. The predicted octanol–water partition coefficient (Wildman–Crippen LogP) is 3.30. The molecule has 0 bridgehead atoms. The van der Waals surface area contributed by atoms with Crippen LogP contribution in [0, 0.1) is 11.3 Å². The lowest BCUT2D eigenvalue weighted by atomic mass is 9.76. The number of ether oxygens (including phenoxy) is 1. The van der Waals surface area contributed by atoms with Gasteiger partial charge in [0.15, 0.2) is 0 Å². The molecule has 1 fully saturated rings. The summed E-state index contributed by atoms with van der Waals surface area (Å²) in [5, 5.41) is 9.33. The van der Waals surface area contributed by atoms with Crippen molar-refractivity contribution in [1.82, 2.24) is 4.90 Å². The molecule has 0 aromatic heterocycles. The highest BCUT2D eigenvalue weighted by Crippen LogP contribution is 2.35. The Morgan fingerprint density at radius 1 is 1.38 bits per heavy atom. The number of esters is 1. The molecule has 1 N–H and O–H groups in total. The third kappa shape index (κ3) is 4.76. The number of hydrogen-bond acceptors (Lipinski definition) is 3. The Hall–Kier alpha value is -1.52. The number of carboxylic acid groups (broad SMARTS) is 1. The molecule has 2 atom stereocenters. The number of allylic oxidation sites excluding steroid dienone is 1. The fraction of sp³-hybridized carbons (Fsp3) is 0.750. The second-order valence-corrected chi connectivity index (χ2v) is 6.71. The first-order valence-electron chi connectivity index (χ1n) is 7.52. The Kier molecular flexibility index (Phi) is 5.81. The third-order valence-corrected chi connectivity index (χ3v) is 3.97. The van der Waals surface area contributed by atoms with Crippen molar-refractivity contribution in [2.75, 3.05) is 13.2 Å². The molecule has 0 aromatic rings. The van der Waals surface area contributed by atoms with E-state index in [0.29, 0.717) is 18.7 Å². The van der Waals surface area contributed by atoms with E-state index in [0.717, 1.165) is 12.8 Å². The van der Waals surface area contributed by atoms with E-state index in [1.54, 1.807) is 13.8 Å². The van der Waals surface area contributed by atoms with Gasteiger partial charge in [0.25, 0.3) is 0 Å². The summed E-state index contributed by atoms with van der Waals surface area (Å²) >= 11 is 0. The van der Waals surface area contributed by atoms with E-state index in [4.69, 9.17) is 4.74 Å². The van der Waals surface area contributed by atoms with Crippen LogP contribution in [-0.2, 0) is 9.53 Å². The molecule has 0 spiro atoms. The zero-order valence-electron chi connectivity index (χ0n) is 13.7. The van der Waals surface area contributed by atoms with Crippen molar-refractivity contribution in [3.8, 4) is 0 Å². The number of carbonyl (C=O) groups is 2.